The Morgan fingerprint density at radius 2 is 1.82 bits per heavy atom. The number of halogens is 1. The first-order chi connectivity index (χ1) is 13.4. The van der Waals surface area contributed by atoms with E-state index in [1.807, 2.05) is 18.2 Å². The van der Waals surface area contributed by atoms with Gasteiger partial charge in [0.05, 0.1) is 16.9 Å². The zero-order valence-electron chi connectivity index (χ0n) is 15.3. The number of rotatable bonds is 5. The summed E-state index contributed by atoms with van der Waals surface area (Å²) in [6.07, 6.45) is 0. The molecule has 0 saturated heterocycles. The fourth-order valence-electron chi connectivity index (χ4n) is 2.72. The maximum Gasteiger partial charge on any atom is 0.338 e. The average Bonchev–Trinajstić information content (AvgIpc) is 2.90. The van der Waals surface area contributed by atoms with Crippen molar-refractivity contribution < 1.29 is 14.3 Å². The zero-order valence-corrected chi connectivity index (χ0v) is 16.9. The minimum atomic E-state index is -0.622. The Bertz CT molecular complexity index is 1090. The Kier molecular flexibility index (Phi) is 5.79. The van der Waals surface area contributed by atoms with E-state index in [-0.39, 0.29) is 11.2 Å². The lowest BCUT2D eigenvalue weighted by atomic mass is 10.2. The van der Waals surface area contributed by atoms with Gasteiger partial charge in [-0.1, -0.05) is 40.2 Å². The molecule has 1 heterocycles. The average molecular weight is 444 g/mol. The summed E-state index contributed by atoms with van der Waals surface area (Å²) in [6.45, 7) is 1.23. The largest absolute Gasteiger partial charge is 0.452 e. The van der Waals surface area contributed by atoms with Crippen LogP contribution in [0.15, 0.2) is 63.9 Å². The van der Waals surface area contributed by atoms with Crippen LogP contribution in [0.1, 0.15) is 16.1 Å². The molecule has 0 saturated carbocycles. The van der Waals surface area contributed by atoms with Crippen LogP contribution in [0.4, 0.5) is 5.69 Å². The molecule has 0 aliphatic carbocycles. The molecule has 1 aromatic heterocycles. The highest BCUT2D eigenvalue weighted by Crippen LogP contribution is 2.15. The third-order valence-electron chi connectivity index (χ3n) is 4.21. The minimum Gasteiger partial charge on any atom is -0.452 e. The van der Waals surface area contributed by atoms with Gasteiger partial charge in [0.15, 0.2) is 6.61 Å². The predicted octanol–water partition coefficient (Wildman–Crippen LogP) is 3.04. The van der Waals surface area contributed by atoms with Crippen LogP contribution in [0.2, 0.25) is 0 Å². The van der Waals surface area contributed by atoms with E-state index in [0.29, 0.717) is 16.9 Å². The Morgan fingerprint density at radius 1 is 1.11 bits per heavy atom. The maximum absolute atomic E-state index is 12.8. The van der Waals surface area contributed by atoms with Gasteiger partial charge in [-0.3, -0.25) is 14.3 Å². The highest BCUT2D eigenvalue weighted by molar-refractivity contribution is 9.10. The molecular weight excluding hydrogens is 426 g/mol. The highest BCUT2D eigenvalue weighted by atomic mass is 79.9. The van der Waals surface area contributed by atoms with Gasteiger partial charge in [0.2, 0.25) is 0 Å². The van der Waals surface area contributed by atoms with Gasteiger partial charge < -0.3 is 10.1 Å². The second-order valence-corrected chi connectivity index (χ2v) is 6.99. The molecule has 0 radical (unpaired) electrons. The first kappa shape index (κ1) is 19.6. The van der Waals surface area contributed by atoms with Crippen molar-refractivity contribution in [1.82, 2.24) is 9.36 Å². The van der Waals surface area contributed by atoms with Gasteiger partial charge in [0.25, 0.3) is 11.5 Å². The number of carbonyl (C=O) groups is 2. The summed E-state index contributed by atoms with van der Waals surface area (Å²) in [5.41, 5.74) is 1.37. The number of aromatic nitrogens is 2. The minimum absolute atomic E-state index is 0.148. The van der Waals surface area contributed by atoms with E-state index in [1.54, 1.807) is 55.1 Å². The number of nitrogens with zero attached hydrogens (tertiary/aromatic N) is 2. The van der Waals surface area contributed by atoms with Crippen molar-refractivity contribution in [3.8, 4) is 5.69 Å². The fraction of sp³-hybridized carbons (Fsp3) is 0.150. The number of hydrogen-bond acceptors (Lipinski definition) is 4. The summed E-state index contributed by atoms with van der Waals surface area (Å²) in [5, 5.41) is 2.55. The van der Waals surface area contributed by atoms with Crippen molar-refractivity contribution in [1.29, 1.82) is 0 Å². The lowest BCUT2D eigenvalue weighted by Gasteiger charge is -2.07. The van der Waals surface area contributed by atoms with E-state index in [9.17, 15) is 14.4 Å². The molecule has 0 aliphatic rings. The summed E-state index contributed by atoms with van der Waals surface area (Å²) in [5.74, 6) is -1.21. The normalized spacial score (nSPS) is 10.5. The van der Waals surface area contributed by atoms with Gasteiger partial charge >= 0.3 is 5.97 Å². The van der Waals surface area contributed by atoms with Gasteiger partial charge in [-0.05, 0) is 37.3 Å². The van der Waals surface area contributed by atoms with Crippen LogP contribution in [-0.4, -0.2) is 27.8 Å². The van der Waals surface area contributed by atoms with E-state index in [2.05, 4.69) is 21.2 Å². The number of ether oxygens (including phenoxy) is 1. The number of anilines is 1. The Hall–Kier alpha value is -3.13. The molecule has 1 amide bonds. The van der Waals surface area contributed by atoms with E-state index in [0.717, 1.165) is 4.47 Å². The highest BCUT2D eigenvalue weighted by Gasteiger charge is 2.19. The van der Waals surface area contributed by atoms with E-state index in [4.69, 9.17) is 4.74 Å². The first-order valence-corrected chi connectivity index (χ1v) is 9.24. The van der Waals surface area contributed by atoms with Crippen molar-refractivity contribution >= 4 is 33.5 Å². The van der Waals surface area contributed by atoms with Crippen molar-refractivity contribution in [2.24, 2.45) is 7.05 Å². The van der Waals surface area contributed by atoms with Gasteiger partial charge in [-0.15, -0.1) is 0 Å². The van der Waals surface area contributed by atoms with Crippen LogP contribution >= 0.6 is 15.9 Å². The molecule has 3 aromatic rings. The summed E-state index contributed by atoms with van der Waals surface area (Å²) in [7, 11) is 1.73. The van der Waals surface area contributed by atoms with E-state index < -0.39 is 18.5 Å². The molecule has 144 valence electrons. The molecule has 0 atom stereocenters. The fourth-order valence-corrected chi connectivity index (χ4v) is 3.12. The quantitative estimate of drug-likeness (QED) is 0.614. The number of hydrogen-bond donors (Lipinski definition) is 1. The number of carbonyl (C=O) groups excluding carboxylic acids is 2. The molecule has 0 fully saturated rings. The third kappa shape index (κ3) is 4.07. The number of amides is 1. The Balaban J connectivity index is 1.73. The molecule has 2 aromatic carbocycles. The SMILES string of the molecule is Cc1c(NC(=O)COC(=O)c2cccc(Br)c2)c(=O)n(-c2ccccc2)n1C. The van der Waals surface area contributed by atoms with Gasteiger partial charge in [0, 0.05) is 11.5 Å². The molecule has 7 nitrogen and oxygen atoms in total. The summed E-state index contributed by atoms with van der Waals surface area (Å²) < 4.78 is 8.87. The van der Waals surface area contributed by atoms with Crippen molar-refractivity contribution in [3.05, 3.63) is 80.7 Å². The van der Waals surface area contributed by atoms with Crippen molar-refractivity contribution in [3.63, 3.8) is 0 Å². The number of esters is 1. The van der Waals surface area contributed by atoms with E-state index >= 15 is 0 Å². The molecule has 1 N–H and O–H groups in total. The van der Waals surface area contributed by atoms with Crippen LogP contribution in [0.5, 0.6) is 0 Å². The lowest BCUT2D eigenvalue weighted by Crippen LogP contribution is -2.25. The van der Waals surface area contributed by atoms with Crippen LogP contribution in [0.3, 0.4) is 0 Å². The zero-order chi connectivity index (χ0) is 20.3. The van der Waals surface area contributed by atoms with E-state index in [1.165, 1.54) is 4.68 Å². The smallest absolute Gasteiger partial charge is 0.338 e. The van der Waals surface area contributed by atoms with Crippen LogP contribution < -0.4 is 10.9 Å². The maximum atomic E-state index is 12.8. The summed E-state index contributed by atoms with van der Waals surface area (Å²) in [6, 6.07) is 15.8. The molecule has 0 unspecified atom stereocenters. The number of benzene rings is 2. The molecule has 8 heteroatoms. The predicted molar refractivity (Wildman–Crippen MR) is 109 cm³/mol. The molecule has 0 spiro atoms. The standard InChI is InChI=1S/C20H18BrN3O4/c1-13-18(19(26)24(23(13)2)16-9-4-3-5-10-16)22-17(25)12-28-20(27)14-7-6-8-15(21)11-14/h3-11H,12H2,1-2H3,(H,22,25). The lowest BCUT2D eigenvalue weighted by molar-refractivity contribution is -0.119. The third-order valence-corrected chi connectivity index (χ3v) is 4.71. The molecular formula is C20H18BrN3O4. The van der Waals surface area contributed by atoms with Crippen molar-refractivity contribution in [2.75, 3.05) is 11.9 Å². The second kappa shape index (κ2) is 8.26. The van der Waals surface area contributed by atoms with Gasteiger partial charge in [-0.2, -0.15) is 0 Å². The monoisotopic (exact) mass is 443 g/mol. The Labute approximate surface area is 169 Å². The number of para-hydroxylation sites is 1. The summed E-state index contributed by atoms with van der Waals surface area (Å²) in [4.78, 5) is 37.0. The first-order valence-electron chi connectivity index (χ1n) is 8.45. The van der Waals surface area contributed by atoms with Crippen LogP contribution in [0.25, 0.3) is 5.69 Å². The van der Waals surface area contributed by atoms with Gasteiger partial charge in [-0.25, -0.2) is 9.48 Å². The second-order valence-electron chi connectivity index (χ2n) is 6.07. The molecule has 28 heavy (non-hydrogen) atoms. The number of nitrogens with one attached hydrogen (secondary N) is 1. The van der Waals surface area contributed by atoms with Gasteiger partial charge in [0.1, 0.15) is 5.69 Å². The summed E-state index contributed by atoms with van der Waals surface area (Å²) >= 11 is 3.27. The molecule has 0 aliphatic heterocycles. The van der Waals surface area contributed by atoms with Crippen molar-refractivity contribution in [2.45, 2.75) is 6.92 Å². The van der Waals surface area contributed by atoms with Crippen LogP contribution in [-0.2, 0) is 16.6 Å². The topological polar surface area (TPSA) is 82.3 Å². The molecule has 3 rings (SSSR count). The Morgan fingerprint density at radius 3 is 2.50 bits per heavy atom. The van der Waals surface area contributed by atoms with Crippen LogP contribution in [0, 0.1) is 6.92 Å². The molecule has 0 bridgehead atoms.